The minimum absolute atomic E-state index is 0.193. The molecule has 1 aliphatic heterocycles. The summed E-state index contributed by atoms with van der Waals surface area (Å²) in [4.78, 5) is 1.81. The van der Waals surface area contributed by atoms with Gasteiger partial charge >= 0.3 is 0 Å². The fourth-order valence-corrected chi connectivity index (χ4v) is 2.67. The van der Waals surface area contributed by atoms with Crippen LogP contribution in [-0.4, -0.2) is 22.2 Å². The highest BCUT2D eigenvalue weighted by molar-refractivity contribution is 7.80. The second kappa shape index (κ2) is 5.77. The van der Waals surface area contributed by atoms with E-state index in [-0.39, 0.29) is 17.6 Å². The normalized spacial score (nSPS) is 17.9. The minimum Gasteiger partial charge on any atom is -0.508 e. The first-order chi connectivity index (χ1) is 10.5. The summed E-state index contributed by atoms with van der Waals surface area (Å²) >= 11 is 5.31. The number of nitrogens with one attached hydrogen (secondary N) is 1. The molecule has 0 fully saturated rings. The predicted molar refractivity (Wildman–Crippen MR) is 88.7 cm³/mol. The van der Waals surface area contributed by atoms with Gasteiger partial charge in [-0.3, -0.25) is 0 Å². The molecule has 22 heavy (non-hydrogen) atoms. The molecule has 0 radical (unpaired) electrons. The summed E-state index contributed by atoms with van der Waals surface area (Å²) in [6.45, 7) is 0. The number of nitrogens with zero attached hydrogens (tertiary/aromatic N) is 1. The van der Waals surface area contributed by atoms with Gasteiger partial charge in [-0.05, 0) is 47.6 Å². The zero-order valence-corrected chi connectivity index (χ0v) is 12.8. The first kappa shape index (κ1) is 14.5. The van der Waals surface area contributed by atoms with Crippen molar-refractivity contribution in [2.24, 2.45) is 0 Å². The van der Waals surface area contributed by atoms with Crippen LogP contribution >= 0.6 is 12.2 Å². The van der Waals surface area contributed by atoms with Crippen LogP contribution in [0.1, 0.15) is 17.2 Å². The van der Waals surface area contributed by atoms with Crippen molar-refractivity contribution in [3.05, 3.63) is 71.7 Å². The summed E-state index contributed by atoms with van der Waals surface area (Å²) in [6, 6.07) is 13.2. The van der Waals surface area contributed by atoms with Crippen molar-refractivity contribution in [3.63, 3.8) is 0 Å². The van der Waals surface area contributed by atoms with Crippen LogP contribution in [0.2, 0.25) is 0 Å². The van der Waals surface area contributed by atoms with E-state index in [4.69, 9.17) is 12.2 Å². The first-order valence-corrected chi connectivity index (χ1v) is 7.25. The van der Waals surface area contributed by atoms with Gasteiger partial charge in [-0.2, -0.15) is 0 Å². The number of benzene rings is 2. The maximum absolute atomic E-state index is 13.2. The number of phenols is 1. The molecule has 0 saturated carbocycles. The largest absolute Gasteiger partial charge is 0.508 e. The number of rotatable bonds is 2. The fourth-order valence-electron chi connectivity index (χ4n) is 2.50. The molecule has 1 aliphatic rings. The van der Waals surface area contributed by atoms with Crippen LogP contribution in [-0.2, 0) is 0 Å². The van der Waals surface area contributed by atoms with Crippen molar-refractivity contribution in [2.45, 2.75) is 6.04 Å². The Kier molecular flexibility index (Phi) is 3.81. The van der Waals surface area contributed by atoms with E-state index in [2.05, 4.69) is 5.32 Å². The van der Waals surface area contributed by atoms with Crippen molar-refractivity contribution < 1.29 is 9.50 Å². The highest BCUT2D eigenvalue weighted by atomic mass is 32.1. The van der Waals surface area contributed by atoms with E-state index < -0.39 is 0 Å². The Morgan fingerprint density at radius 3 is 2.59 bits per heavy atom. The lowest BCUT2D eigenvalue weighted by molar-refractivity contribution is 0.473. The standard InChI is InChI=1S/C17H15FN2OS/c1-20-10-15(11-5-7-13(18)8-6-11)16(19-17(20)22)12-3-2-4-14(21)9-12/h2-10,16,21H,1H3,(H,19,22). The van der Waals surface area contributed by atoms with Crippen LogP contribution in [0.3, 0.4) is 0 Å². The number of hydrogen-bond acceptors (Lipinski definition) is 2. The van der Waals surface area contributed by atoms with E-state index in [1.807, 2.05) is 24.2 Å². The Labute approximate surface area is 133 Å². The second-order valence-corrected chi connectivity index (χ2v) is 5.57. The molecule has 0 saturated heterocycles. The van der Waals surface area contributed by atoms with Crippen molar-refractivity contribution in [2.75, 3.05) is 7.05 Å². The lowest BCUT2D eigenvalue weighted by atomic mass is 9.92. The molecule has 0 aromatic heterocycles. The van der Waals surface area contributed by atoms with Crippen molar-refractivity contribution in [1.29, 1.82) is 0 Å². The molecule has 1 atom stereocenters. The maximum atomic E-state index is 13.2. The van der Waals surface area contributed by atoms with E-state index >= 15 is 0 Å². The molecule has 0 bridgehead atoms. The molecule has 1 heterocycles. The molecule has 0 amide bonds. The van der Waals surface area contributed by atoms with Crippen LogP contribution in [0.15, 0.2) is 54.7 Å². The van der Waals surface area contributed by atoms with Crippen molar-refractivity contribution >= 4 is 22.9 Å². The molecular weight excluding hydrogens is 299 g/mol. The quantitative estimate of drug-likeness (QED) is 0.833. The van der Waals surface area contributed by atoms with Crippen LogP contribution < -0.4 is 5.32 Å². The molecule has 0 aliphatic carbocycles. The second-order valence-electron chi connectivity index (χ2n) is 5.18. The van der Waals surface area contributed by atoms with Gasteiger partial charge in [0.2, 0.25) is 0 Å². The lowest BCUT2D eigenvalue weighted by Crippen LogP contribution is -2.41. The van der Waals surface area contributed by atoms with Gasteiger partial charge in [-0.1, -0.05) is 24.3 Å². The third-order valence-electron chi connectivity index (χ3n) is 3.61. The number of halogens is 1. The van der Waals surface area contributed by atoms with Gasteiger partial charge in [0.15, 0.2) is 5.11 Å². The highest BCUT2D eigenvalue weighted by Gasteiger charge is 2.25. The molecule has 2 aromatic carbocycles. The van der Waals surface area contributed by atoms with Gasteiger partial charge in [0.25, 0.3) is 0 Å². The molecule has 2 aromatic rings. The topological polar surface area (TPSA) is 35.5 Å². The molecule has 5 heteroatoms. The summed E-state index contributed by atoms with van der Waals surface area (Å²) in [7, 11) is 1.86. The molecule has 2 N–H and O–H groups in total. The monoisotopic (exact) mass is 314 g/mol. The fraction of sp³-hybridized carbons (Fsp3) is 0.118. The Balaban J connectivity index is 2.07. The summed E-state index contributed by atoms with van der Waals surface area (Å²) in [5, 5.41) is 13.6. The van der Waals surface area contributed by atoms with Crippen molar-refractivity contribution in [1.82, 2.24) is 10.2 Å². The Bertz CT molecular complexity index is 743. The minimum atomic E-state index is -0.272. The van der Waals surface area contributed by atoms with E-state index in [0.29, 0.717) is 5.11 Å². The lowest BCUT2D eigenvalue weighted by Gasteiger charge is -2.33. The molecule has 0 spiro atoms. The zero-order valence-electron chi connectivity index (χ0n) is 12.0. The number of hydrogen-bond donors (Lipinski definition) is 2. The van der Waals surface area contributed by atoms with Gasteiger partial charge in [-0.25, -0.2) is 4.39 Å². The van der Waals surface area contributed by atoms with Gasteiger partial charge in [-0.15, -0.1) is 0 Å². The summed E-state index contributed by atoms with van der Waals surface area (Å²) in [6.07, 6.45) is 1.93. The van der Waals surface area contributed by atoms with E-state index in [0.717, 1.165) is 16.7 Å². The van der Waals surface area contributed by atoms with Crippen LogP contribution in [0.25, 0.3) is 5.57 Å². The van der Waals surface area contributed by atoms with Crippen molar-refractivity contribution in [3.8, 4) is 5.75 Å². The maximum Gasteiger partial charge on any atom is 0.173 e. The van der Waals surface area contributed by atoms with E-state index in [1.54, 1.807) is 30.3 Å². The average molecular weight is 314 g/mol. The summed E-state index contributed by atoms with van der Waals surface area (Å²) in [5.74, 6) is -0.0755. The van der Waals surface area contributed by atoms with Gasteiger partial charge < -0.3 is 15.3 Å². The third kappa shape index (κ3) is 2.80. The van der Waals surface area contributed by atoms with Gasteiger partial charge in [0.1, 0.15) is 11.6 Å². The first-order valence-electron chi connectivity index (χ1n) is 6.84. The van der Waals surface area contributed by atoms with Gasteiger partial charge in [0, 0.05) is 18.8 Å². The molecule has 3 nitrogen and oxygen atoms in total. The van der Waals surface area contributed by atoms with E-state index in [9.17, 15) is 9.50 Å². The zero-order chi connectivity index (χ0) is 15.7. The predicted octanol–water partition coefficient (Wildman–Crippen LogP) is 3.43. The SMILES string of the molecule is CN1C=C(c2ccc(F)cc2)C(c2cccc(O)c2)NC1=S. The average Bonchev–Trinajstić information content (AvgIpc) is 2.50. The van der Waals surface area contributed by atoms with Gasteiger partial charge in [0.05, 0.1) is 6.04 Å². The Morgan fingerprint density at radius 1 is 1.18 bits per heavy atom. The third-order valence-corrected chi connectivity index (χ3v) is 4.02. The molecular formula is C17H15FN2OS. The smallest absolute Gasteiger partial charge is 0.173 e. The number of aromatic hydroxyl groups is 1. The number of phenolic OH excluding ortho intramolecular Hbond substituents is 1. The Morgan fingerprint density at radius 2 is 1.91 bits per heavy atom. The molecule has 1 unspecified atom stereocenters. The summed E-state index contributed by atoms with van der Waals surface area (Å²) in [5.41, 5.74) is 2.75. The van der Waals surface area contributed by atoms with E-state index in [1.165, 1.54) is 12.1 Å². The summed E-state index contributed by atoms with van der Waals surface area (Å²) < 4.78 is 13.2. The van der Waals surface area contributed by atoms with Crippen LogP contribution in [0, 0.1) is 5.82 Å². The highest BCUT2D eigenvalue weighted by Crippen LogP contribution is 2.34. The van der Waals surface area contributed by atoms with Crippen LogP contribution in [0.5, 0.6) is 5.75 Å². The Hall–Kier alpha value is -2.40. The molecule has 112 valence electrons. The van der Waals surface area contributed by atoms with Crippen LogP contribution in [0.4, 0.5) is 4.39 Å². The molecule has 3 rings (SSSR count). The number of thiocarbonyl (C=S) groups is 1.